The van der Waals surface area contributed by atoms with Crippen molar-refractivity contribution in [3.8, 4) is 5.69 Å². The molecule has 5 heteroatoms. The van der Waals surface area contributed by atoms with E-state index < -0.39 is 0 Å². The first kappa shape index (κ1) is 17.7. The minimum Gasteiger partial charge on any atom is -0.306 e. The summed E-state index contributed by atoms with van der Waals surface area (Å²) < 4.78 is 15.2. The first-order valence-electron chi connectivity index (χ1n) is 8.25. The summed E-state index contributed by atoms with van der Waals surface area (Å²) in [6, 6.07) is 15.2. The Morgan fingerprint density at radius 3 is 2.76 bits per heavy atom. The number of thioether (sulfide) groups is 1. The lowest BCUT2D eigenvalue weighted by Gasteiger charge is -2.14. The molecule has 1 aromatic heterocycles. The molecule has 3 aromatic rings. The van der Waals surface area contributed by atoms with E-state index in [4.69, 9.17) is 0 Å². The molecule has 0 aliphatic rings. The maximum absolute atomic E-state index is 13.5. The summed E-state index contributed by atoms with van der Waals surface area (Å²) in [5.74, 6) is -0.256. The highest BCUT2D eigenvalue weighted by Gasteiger charge is 2.14. The Kier molecular flexibility index (Phi) is 5.56. The van der Waals surface area contributed by atoms with Crippen LogP contribution in [0.5, 0.6) is 0 Å². The van der Waals surface area contributed by atoms with Crippen LogP contribution in [-0.2, 0) is 6.54 Å². The Labute approximate surface area is 152 Å². The molecule has 1 unspecified atom stereocenters. The second kappa shape index (κ2) is 7.85. The second-order valence-electron chi connectivity index (χ2n) is 6.03. The molecule has 0 saturated heterocycles. The second-order valence-corrected chi connectivity index (χ2v) is 6.91. The zero-order valence-corrected chi connectivity index (χ0v) is 15.5. The maximum atomic E-state index is 13.5. The molecule has 0 spiro atoms. The molecule has 2 aromatic carbocycles. The van der Waals surface area contributed by atoms with Gasteiger partial charge in [0.25, 0.3) is 0 Å². The molecular weight excluding hydrogens is 333 g/mol. The van der Waals surface area contributed by atoms with Crippen molar-refractivity contribution in [3.63, 3.8) is 0 Å². The molecular formula is C20H22FN3S. The predicted molar refractivity (Wildman–Crippen MR) is 102 cm³/mol. The van der Waals surface area contributed by atoms with E-state index in [-0.39, 0.29) is 11.9 Å². The van der Waals surface area contributed by atoms with Crippen LogP contribution in [0.25, 0.3) is 5.69 Å². The topological polar surface area (TPSA) is 29.9 Å². The normalized spacial score (nSPS) is 12.3. The molecule has 0 saturated carbocycles. The minimum atomic E-state index is -0.256. The SMILES string of the molecule is CSc1cccc(CNC(C)c2cnn(-c3cccc(F)c3)c2C)c1. The van der Waals surface area contributed by atoms with Gasteiger partial charge in [0.15, 0.2) is 0 Å². The number of nitrogens with one attached hydrogen (secondary N) is 1. The van der Waals surface area contributed by atoms with Crippen LogP contribution in [0.3, 0.4) is 0 Å². The van der Waals surface area contributed by atoms with Crippen LogP contribution < -0.4 is 5.32 Å². The average Bonchev–Trinajstić information content (AvgIpc) is 3.01. The van der Waals surface area contributed by atoms with E-state index in [1.807, 2.05) is 19.2 Å². The van der Waals surface area contributed by atoms with Gasteiger partial charge in [-0.15, -0.1) is 11.8 Å². The van der Waals surface area contributed by atoms with Crippen molar-refractivity contribution in [1.82, 2.24) is 15.1 Å². The van der Waals surface area contributed by atoms with E-state index in [2.05, 4.69) is 47.9 Å². The van der Waals surface area contributed by atoms with Crippen LogP contribution in [0.2, 0.25) is 0 Å². The van der Waals surface area contributed by atoms with Crippen LogP contribution in [0.15, 0.2) is 59.6 Å². The Bertz CT molecular complexity index is 860. The van der Waals surface area contributed by atoms with Gasteiger partial charge in [0.05, 0.1) is 11.9 Å². The molecule has 25 heavy (non-hydrogen) atoms. The molecule has 0 aliphatic carbocycles. The van der Waals surface area contributed by atoms with E-state index in [1.165, 1.54) is 22.6 Å². The minimum absolute atomic E-state index is 0.153. The molecule has 130 valence electrons. The van der Waals surface area contributed by atoms with Crippen LogP contribution in [-0.4, -0.2) is 16.0 Å². The number of nitrogens with zero attached hydrogens (tertiary/aromatic N) is 2. The molecule has 0 radical (unpaired) electrons. The molecule has 1 atom stereocenters. The molecule has 3 rings (SSSR count). The molecule has 0 bridgehead atoms. The monoisotopic (exact) mass is 355 g/mol. The van der Waals surface area contributed by atoms with E-state index in [0.29, 0.717) is 0 Å². The zero-order valence-electron chi connectivity index (χ0n) is 14.7. The number of benzene rings is 2. The number of hydrogen-bond donors (Lipinski definition) is 1. The Morgan fingerprint density at radius 1 is 1.20 bits per heavy atom. The molecule has 1 N–H and O–H groups in total. The van der Waals surface area contributed by atoms with E-state index in [1.54, 1.807) is 22.5 Å². The van der Waals surface area contributed by atoms with Gasteiger partial charge in [0.1, 0.15) is 5.82 Å². The van der Waals surface area contributed by atoms with Gasteiger partial charge in [0, 0.05) is 28.7 Å². The summed E-state index contributed by atoms with van der Waals surface area (Å²) in [5, 5.41) is 7.98. The summed E-state index contributed by atoms with van der Waals surface area (Å²) in [7, 11) is 0. The Hall–Kier alpha value is -2.11. The molecule has 1 heterocycles. The summed E-state index contributed by atoms with van der Waals surface area (Å²) in [5.41, 5.74) is 4.13. The number of rotatable bonds is 6. The van der Waals surface area contributed by atoms with Crippen molar-refractivity contribution >= 4 is 11.8 Å². The Balaban J connectivity index is 1.73. The van der Waals surface area contributed by atoms with Gasteiger partial charge in [-0.05, 0) is 56.0 Å². The first-order valence-corrected chi connectivity index (χ1v) is 9.47. The van der Waals surface area contributed by atoms with Gasteiger partial charge in [-0.1, -0.05) is 18.2 Å². The molecule has 3 nitrogen and oxygen atoms in total. The lowest BCUT2D eigenvalue weighted by Crippen LogP contribution is -2.18. The van der Waals surface area contributed by atoms with E-state index in [9.17, 15) is 4.39 Å². The van der Waals surface area contributed by atoms with Crippen molar-refractivity contribution in [2.75, 3.05) is 6.26 Å². The summed E-state index contributed by atoms with van der Waals surface area (Å²) in [6.45, 7) is 4.93. The summed E-state index contributed by atoms with van der Waals surface area (Å²) in [6.07, 6.45) is 3.94. The molecule has 0 fully saturated rings. The predicted octanol–water partition coefficient (Wildman–Crippen LogP) is 4.89. The highest BCUT2D eigenvalue weighted by atomic mass is 32.2. The lowest BCUT2D eigenvalue weighted by molar-refractivity contribution is 0.571. The standard InChI is InChI=1S/C20H22FN3S/c1-14(22-12-16-6-4-9-19(10-16)25-3)20-13-23-24(15(20)2)18-8-5-7-17(21)11-18/h4-11,13-14,22H,12H2,1-3H3. The quantitative estimate of drug-likeness (QED) is 0.638. The third-order valence-corrected chi connectivity index (χ3v) is 5.04. The van der Waals surface area contributed by atoms with Crippen molar-refractivity contribution in [2.45, 2.75) is 31.3 Å². The lowest BCUT2D eigenvalue weighted by atomic mass is 10.1. The van der Waals surface area contributed by atoms with E-state index >= 15 is 0 Å². The zero-order chi connectivity index (χ0) is 17.8. The van der Waals surface area contributed by atoms with Crippen LogP contribution in [0, 0.1) is 12.7 Å². The average molecular weight is 355 g/mol. The fourth-order valence-electron chi connectivity index (χ4n) is 2.88. The first-order chi connectivity index (χ1) is 12.1. The van der Waals surface area contributed by atoms with Gasteiger partial charge < -0.3 is 5.32 Å². The smallest absolute Gasteiger partial charge is 0.125 e. The van der Waals surface area contributed by atoms with Crippen LogP contribution >= 0.6 is 11.8 Å². The fraction of sp³-hybridized carbons (Fsp3) is 0.250. The van der Waals surface area contributed by atoms with Crippen molar-refractivity contribution < 1.29 is 4.39 Å². The van der Waals surface area contributed by atoms with E-state index in [0.717, 1.165) is 23.5 Å². The van der Waals surface area contributed by atoms with Crippen LogP contribution in [0.4, 0.5) is 4.39 Å². The fourth-order valence-corrected chi connectivity index (χ4v) is 3.36. The van der Waals surface area contributed by atoms with Gasteiger partial charge in [-0.25, -0.2) is 9.07 Å². The van der Waals surface area contributed by atoms with Crippen LogP contribution in [0.1, 0.15) is 29.8 Å². The Morgan fingerprint density at radius 2 is 2.00 bits per heavy atom. The van der Waals surface area contributed by atoms with Gasteiger partial charge in [-0.2, -0.15) is 5.10 Å². The molecule has 0 aliphatic heterocycles. The van der Waals surface area contributed by atoms with Gasteiger partial charge in [-0.3, -0.25) is 0 Å². The number of hydrogen-bond acceptors (Lipinski definition) is 3. The largest absolute Gasteiger partial charge is 0.306 e. The maximum Gasteiger partial charge on any atom is 0.125 e. The van der Waals surface area contributed by atoms with Crippen molar-refractivity contribution in [1.29, 1.82) is 0 Å². The number of halogens is 1. The number of aromatic nitrogens is 2. The summed E-state index contributed by atoms with van der Waals surface area (Å²) in [4.78, 5) is 1.27. The van der Waals surface area contributed by atoms with Gasteiger partial charge in [0.2, 0.25) is 0 Å². The van der Waals surface area contributed by atoms with Crippen molar-refractivity contribution in [2.24, 2.45) is 0 Å². The molecule has 0 amide bonds. The highest BCUT2D eigenvalue weighted by molar-refractivity contribution is 7.98. The highest BCUT2D eigenvalue weighted by Crippen LogP contribution is 2.21. The summed E-state index contributed by atoms with van der Waals surface area (Å²) >= 11 is 1.75. The third-order valence-electron chi connectivity index (χ3n) is 4.31. The van der Waals surface area contributed by atoms with Gasteiger partial charge >= 0.3 is 0 Å². The third kappa shape index (κ3) is 4.11. The van der Waals surface area contributed by atoms with Crippen molar-refractivity contribution in [3.05, 3.63) is 77.4 Å².